The van der Waals surface area contributed by atoms with Crippen LogP contribution in [0.25, 0.3) is 0 Å². The van der Waals surface area contributed by atoms with E-state index in [1.165, 1.54) is 17.0 Å². The second kappa shape index (κ2) is 7.63. The third-order valence-corrected chi connectivity index (χ3v) is 5.80. The van der Waals surface area contributed by atoms with Crippen LogP contribution in [0.4, 0.5) is 4.79 Å². The highest BCUT2D eigenvalue weighted by Gasteiger charge is 2.48. The van der Waals surface area contributed by atoms with E-state index in [4.69, 9.17) is 4.74 Å². The van der Waals surface area contributed by atoms with Crippen LogP contribution >= 0.6 is 0 Å². The first-order valence-electron chi connectivity index (χ1n) is 8.84. The number of carbonyl (C=O) groups excluding carboxylic acids is 2. The van der Waals surface area contributed by atoms with Gasteiger partial charge >= 0.3 is 6.03 Å². The third kappa shape index (κ3) is 4.01. The van der Waals surface area contributed by atoms with Crippen molar-refractivity contribution >= 4 is 21.8 Å². The number of hydrogen-bond donors (Lipinski definition) is 1. The fourth-order valence-electron chi connectivity index (χ4n) is 3.06. The predicted molar refractivity (Wildman–Crippen MR) is 104 cm³/mol. The number of nitrogens with one attached hydrogen (secondary N) is 1. The molecule has 0 bridgehead atoms. The van der Waals surface area contributed by atoms with Crippen molar-refractivity contribution in [1.82, 2.24) is 10.2 Å². The molecule has 1 unspecified atom stereocenters. The lowest BCUT2D eigenvalue weighted by atomic mass is 9.92. The quantitative estimate of drug-likeness (QED) is 0.567. The largest absolute Gasteiger partial charge is 0.494 e. The van der Waals surface area contributed by atoms with Crippen molar-refractivity contribution in [2.75, 3.05) is 19.4 Å². The maximum Gasteiger partial charge on any atom is 0.325 e. The first kappa shape index (κ1) is 19.9. The Bertz CT molecular complexity index is 973. The Morgan fingerprint density at radius 2 is 1.68 bits per heavy atom. The fourth-order valence-corrected chi connectivity index (χ4v) is 3.69. The van der Waals surface area contributed by atoms with Crippen molar-refractivity contribution in [2.45, 2.75) is 23.8 Å². The van der Waals surface area contributed by atoms with Crippen LogP contribution in [0.15, 0.2) is 59.5 Å². The van der Waals surface area contributed by atoms with Crippen LogP contribution in [0.5, 0.6) is 5.75 Å². The molecular weight excluding hydrogens is 380 g/mol. The standard InChI is InChI=1S/C20H22N2O5S/c1-20(15-9-11-17(12-10-15)28(2,25)26)18(23)22(19(24)21-20)13-6-14-27-16-7-4-3-5-8-16/h3-5,7-12H,6,13-14H2,1-2H3,(H,21,24). The molecule has 1 aliphatic heterocycles. The summed E-state index contributed by atoms with van der Waals surface area (Å²) in [6, 6.07) is 14.8. The second-order valence-corrected chi connectivity index (χ2v) is 8.84. The maximum atomic E-state index is 12.9. The zero-order chi connectivity index (χ0) is 20.4. The molecule has 1 N–H and O–H groups in total. The monoisotopic (exact) mass is 402 g/mol. The minimum atomic E-state index is -3.33. The number of nitrogens with zero attached hydrogens (tertiary/aromatic N) is 1. The van der Waals surface area contributed by atoms with E-state index in [-0.39, 0.29) is 17.3 Å². The number of carbonyl (C=O) groups is 2. The van der Waals surface area contributed by atoms with Crippen molar-refractivity contribution in [2.24, 2.45) is 0 Å². The van der Waals surface area contributed by atoms with Gasteiger partial charge in [0.15, 0.2) is 9.84 Å². The van der Waals surface area contributed by atoms with Gasteiger partial charge in [0, 0.05) is 12.8 Å². The fraction of sp³-hybridized carbons (Fsp3) is 0.300. The molecule has 8 heteroatoms. The van der Waals surface area contributed by atoms with Gasteiger partial charge in [0.05, 0.1) is 11.5 Å². The number of sulfone groups is 1. The lowest BCUT2D eigenvalue weighted by Crippen LogP contribution is -2.41. The molecule has 1 atom stereocenters. The van der Waals surface area contributed by atoms with Gasteiger partial charge < -0.3 is 10.1 Å². The first-order chi connectivity index (χ1) is 13.2. The summed E-state index contributed by atoms with van der Waals surface area (Å²) in [7, 11) is -3.33. The first-order valence-corrected chi connectivity index (χ1v) is 10.7. The number of benzene rings is 2. The Morgan fingerprint density at radius 3 is 2.29 bits per heavy atom. The molecule has 1 aliphatic rings. The molecule has 0 saturated carbocycles. The van der Waals surface area contributed by atoms with Crippen LogP contribution in [0.2, 0.25) is 0 Å². The topological polar surface area (TPSA) is 92.8 Å². The van der Waals surface area contributed by atoms with Gasteiger partial charge in [-0.2, -0.15) is 0 Å². The van der Waals surface area contributed by atoms with Crippen LogP contribution < -0.4 is 10.1 Å². The van der Waals surface area contributed by atoms with Gasteiger partial charge in [-0.3, -0.25) is 9.69 Å². The highest BCUT2D eigenvalue weighted by atomic mass is 32.2. The Labute approximate surface area is 164 Å². The molecule has 3 rings (SSSR count). The second-order valence-electron chi connectivity index (χ2n) is 6.82. The Morgan fingerprint density at radius 1 is 1.04 bits per heavy atom. The maximum absolute atomic E-state index is 12.9. The van der Waals surface area contributed by atoms with Crippen LogP contribution in [-0.2, 0) is 20.2 Å². The van der Waals surface area contributed by atoms with E-state index >= 15 is 0 Å². The number of rotatable bonds is 7. The van der Waals surface area contributed by atoms with Crippen LogP contribution in [0.3, 0.4) is 0 Å². The lowest BCUT2D eigenvalue weighted by molar-refractivity contribution is -0.131. The molecule has 0 spiro atoms. The molecule has 2 aromatic rings. The van der Waals surface area contributed by atoms with Crippen molar-refractivity contribution in [3.05, 3.63) is 60.2 Å². The van der Waals surface area contributed by atoms with E-state index in [2.05, 4.69) is 5.32 Å². The van der Waals surface area contributed by atoms with E-state index in [9.17, 15) is 18.0 Å². The predicted octanol–water partition coefficient (Wildman–Crippen LogP) is 2.33. The van der Waals surface area contributed by atoms with Crippen molar-refractivity contribution in [3.63, 3.8) is 0 Å². The molecular formula is C20H22N2O5S. The van der Waals surface area contributed by atoms with Gasteiger partial charge in [0.1, 0.15) is 11.3 Å². The molecule has 0 aromatic heterocycles. The zero-order valence-corrected chi connectivity index (χ0v) is 16.5. The van der Waals surface area contributed by atoms with Crippen molar-refractivity contribution in [3.8, 4) is 5.75 Å². The smallest absolute Gasteiger partial charge is 0.325 e. The summed E-state index contributed by atoms with van der Waals surface area (Å²) in [6.07, 6.45) is 1.61. The Kier molecular flexibility index (Phi) is 5.42. The number of hydrogen-bond acceptors (Lipinski definition) is 5. The molecule has 1 heterocycles. The summed E-state index contributed by atoms with van der Waals surface area (Å²) < 4.78 is 28.8. The molecule has 7 nitrogen and oxygen atoms in total. The number of ether oxygens (including phenoxy) is 1. The summed E-state index contributed by atoms with van der Waals surface area (Å²) >= 11 is 0. The van der Waals surface area contributed by atoms with Crippen LogP contribution in [-0.4, -0.2) is 44.7 Å². The lowest BCUT2D eigenvalue weighted by Gasteiger charge is -2.22. The zero-order valence-electron chi connectivity index (χ0n) is 15.7. The number of imide groups is 1. The van der Waals surface area contributed by atoms with Gasteiger partial charge in [-0.05, 0) is 43.2 Å². The van der Waals surface area contributed by atoms with Gasteiger partial charge in [-0.25, -0.2) is 13.2 Å². The summed E-state index contributed by atoms with van der Waals surface area (Å²) in [5.74, 6) is 0.361. The molecule has 0 aliphatic carbocycles. The molecule has 2 aromatic carbocycles. The minimum Gasteiger partial charge on any atom is -0.494 e. The summed E-state index contributed by atoms with van der Waals surface area (Å²) in [5, 5.41) is 2.71. The molecule has 0 radical (unpaired) electrons. The van der Waals surface area contributed by atoms with Crippen molar-refractivity contribution in [1.29, 1.82) is 0 Å². The highest BCUT2D eigenvalue weighted by molar-refractivity contribution is 7.90. The molecule has 1 saturated heterocycles. The van der Waals surface area contributed by atoms with Gasteiger partial charge in [-0.1, -0.05) is 30.3 Å². The van der Waals surface area contributed by atoms with Crippen LogP contribution in [0.1, 0.15) is 18.9 Å². The summed E-state index contributed by atoms with van der Waals surface area (Å²) in [5.41, 5.74) is -0.700. The molecule has 3 amide bonds. The third-order valence-electron chi connectivity index (χ3n) is 4.67. The molecule has 148 valence electrons. The SMILES string of the molecule is CC1(c2ccc(S(C)(=O)=O)cc2)NC(=O)N(CCCOc2ccccc2)C1=O. The van der Waals surface area contributed by atoms with Crippen molar-refractivity contribution < 1.29 is 22.7 Å². The van der Waals surface area contributed by atoms with Gasteiger partial charge in [0.2, 0.25) is 0 Å². The number of amides is 3. The van der Waals surface area contributed by atoms with Gasteiger partial charge in [-0.15, -0.1) is 0 Å². The van der Waals surface area contributed by atoms with E-state index in [0.717, 1.165) is 12.0 Å². The average Bonchev–Trinajstić information content (AvgIpc) is 2.89. The van der Waals surface area contributed by atoms with E-state index < -0.39 is 21.4 Å². The minimum absolute atomic E-state index is 0.159. The normalized spacial score (nSPS) is 19.6. The summed E-state index contributed by atoms with van der Waals surface area (Å²) in [4.78, 5) is 26.5. The van der Waals surface area contributed by atoms with E-state index in [0.29, 0.717) is 18.6 Å². The molecule has 1 fully saturated rings. The Hall–Kier alpha value is -2.87. The number of para-hydroxylation sites is 1. The number of urea groups is 1. The highest BCUT2D eigenvalue weighted by Crippen LogP contribution is 2.29. The van der Waals surface area contributed by atoms with E-state index in [1.807, 2.05) is 30.3 Å². The average molecular weight is 402 g/mol. The summed E-state index contributed by atoms with van der Waals surface area (Å²) in [6.45, 7) is 2.22. The van der Waals surface area contributed by atoms with E-state index in [1.54, 1.807) is 19.1 Å². The van der Waals surface area contributed by atoms with Crippen LogP contribution in [0, 0.1) is 0 Å². The van der Waals surface area contributed by atoms with Gasteiger partial charge in [0.25, 0.3) is 5.91 Å². The Balaban J connectivity index is 1.65. The molecule has 28 heavy (non-hydrogen) atoms.